The van der Waals surface area contributed by atoms with Crippen molar-refractivity contribution in [3.63, 3.8) is 0 Å². The first-order valence-corrected chi connectivity index (χ1v) is 54.2. The molecule has 9 heterocycles. The summed E-state index contributed by atoms with van der Waals surface area (Å²) in [6.45, 7) is 18.5. The Morgan fingerprint density at radius 3 is 1.14 bits per heavy atom. The lowest BCUT2D eigenvalue weighted by Gasteiger charge is -2.35. The van der Waals surface area contributed by atoms with E-state index in [1.54, 1.807) is 54.6 Å². The van der Waals surface area contributed by atoms with Gasteiger partial charge in [-0.2, -0.15) is 15.8 Å². The molecular formula is C110H135F2N13O20S. The number of halogens is 2. The number of aryl methyl sites for hydroxylation is 3. The molecule has 11 fully saturated rings. The van der Waals surface area contributed by atoms with Crippen molar-refractivity contribution in [2.75, 3.05) is 26.7 Å². The molecule has 4 amide bonds. The van der Waals surface area contributed by atoms with Gasteiger partial charge in [0.1, 0.15) is 65.8 Å². The van der Waals surface area contributed by atoms with E-state index < -0.39 is 151 Å². The molecule has 20 rings (SSSR count). The zero-order valence-corrected chi connectivity index (χ0v) is 86.1. The number of carbonyl (C=O) groups is 10. The number of carboxylic acids is 1. The number of sulfonamides is 1. The second-order valence-corrected chi connectivity index (χ2v) is 49.6. The number of carboxylic acid groups (broad SMARTS) is 1. The molecule has 33 nitrogen and oxygen atoms in total. The van der Waals surface area contributed by atoms with Crippen molar-refractivity contribution >= 4 is 102 Å². The van der Waals surface area contributed by atoms with Crippen molar-refractivity contribution in [2.24, 2.45) is 98.6 Å². The second kappa shape index (κ2) is 41.4. The van der Waals surface area contributed by atoms with Crippen LogP contribution < -0.4 is 18.9 Å². The van der Waals surface area contributed by atoms with Crippen molar-refractivity contribution in [3.05, 3.63) is 88.4 Å². The number of fused-ring (bicyclic) bond motifs is 21. The Kier molecular flexibility index (Phi) is 29.6. The first-order chi connectivity index (χ1) is 69.4. The smallest absolute Gasteiger partial charge is 0.328 e. The fourth-order valence-corrected chi connectivity index (χ4v) is 26.4. The van der Waals surface area contributed by atoms with Gasteiger partial charge in [-0.3, -0.25) is 43.1 Å². The van der Waals surface area contributed by atoms with Crippen molar-refractivity contribution in [3.8, 4) is 35.8 Å². The first kappa shape index (κ1) is 104. The van der Waals surface area contributed by atoms with Crippen LogP contribution >= 0.6 is 0 Å². The van der Waals surface area contributed by atoms with Crippen LogP contribution in [0.5, 0.6) is 17.6 Å². The first-order valence-electron chi connectivity index (χ1n) is 52.7. The Morgan fingerprint density at radius 2 is 0.815 bits per heavy atom. The molecule has 0 unspecified atom stereocenters. The average Bonchev–Trinajstić information content (AvgIpc) is 1.55. The predicted octanol–water partition coefficient (Wildman–Crippen LogP) is 15.2. The fourth-order valence-electron chi connectivity index (χ4n) is 25.0. The minimum absolute atomic E-state index is 0.0433. The summed E-state index contributed by atoms with van der Waals surface area (Å²) in [6, 6.07) is 18.6. The van der Waals surface area contributed by atoms with E-state index in [4.69, 9.17) is 63.1 Å². The summed E-state index contributed by atoms with van der Waals surface area (Å²) in [6.07, 6.45) is 13.3. The van der Waals surface area contributed by atoms with E-state index in [-0.39, 0.29) is 112 Å². The maximum Gasteiger partial charge on any atom is 0.328 e. The highest BCUT2D eigenvalue weighted by Gasteiger charge is 2.68. The number of carbonyl (C=O) groups excluding carboxylic acids is 9. The van der Waals surface area contributed by atoms with Crippen LogP contribution in [-0.4, -0.2) is 210 Å². The van der Waals surface area contributed by atoms with E-state index in [0.717, 1.165) is 108 Å². The Hall–Kier alpha value is -11.7. The molecule has 8 aliphatic carbocycles. The minimum atomic E-state index is -4.19. The van der Waals surface area contributed by atoms with Crippen molar-refractivity contribution < 1.29 is 103 Å². The Balaban J connectivity index is 0.000000146. The molecule has 0 radical (unpaired) electrons. The zero-order chi connectivity index (χ0) is 104. The van der Waals surface area contributed by atoms with E-state index in [9.17, 15) is 86.0 Å². The highest BCUT2D eigenvalue weighted by molar-refractivity contribution is 7.91. The SMILES string of the molecule is CC(C)(C)[C@@H]1CC(=O)O[C@@H]2C[C@@H]3C[C@@H]3[C@H]2CCCCCc2nc3ccc(C#N)cc3nc2O[C@@H]2C[C@@H](C(=O)C[C@]3(C(=O)NS(=O)(=O)C4(C)CC4)C[C@H]3C(F)F)N(C2)C1=O.CC(C)(C)[C@@H]1CC(=O)O[C@@H]2C[C@@H]3C[C@@H]3[C@H]2CCCCCc2nc3ccc(C#N)cc3nc2O[C@@H]2C[C@@H](C(=O)O)N(C2)C1=O.COC(=O)[C@@H]1C[C@@H]2CN1C(=O)[C@H](C(C)(C)C)CC(=O)O[C@@H]1C[C@@H]3C[C@@H]3[C@H]1CCCCCc1nc3ccc(C#N)cc3nc1O2. The van der Waals surface area contributed by atoms with Crippen LogP contribution in [-0.2, 0) is 96.2 Å². The monoisotopic (exact) mass is 2030 g/mol. The van der Waals surface area contributed by atoms with Crippen LogP contribution in [0.25, 0.3) is 33.1 Å². The molecular weight excluding hydrogens is 1890 g/mol. The molecule has 6 bridgehead atoms. The molecule has 6 aromatic rings. The third-order valence-electron chi connectivity index (χ3n) is 34.3. The molecule has 3 aromatic heterocycles. The standard InChI is InChI=1S/C43H53F2N5O8S.C34H42N4O6.C33H40N4O6/c1-41(2,3)28-18-36(52)58-35-16-24-15-27(24)26(35)8-6-5-7-9-31-38(48-32-14-23(21-46)10-11-30(32)47-31)57-25-17-33(50(22-25)39(28)53)34(51)20-43(19-29(43)37(44)45)40(54)49-59(55,56)42(4)12-13-42;1-34(2,3)24-16-30(39)44-29-14-20-13-23(20)22(29)8-6-5-7-9-26-31(37-27-12-19(17-35)10-11-25(27)36-26)43-21-15-28(33(41)42-4)38(18-21)32(24)40;1-33(2,3)23-15-29(38)43-28-13-19-12-22(19)21(28)7-5-4-6-8-25-30(36-26-11-18(16-34)9-10-24(26)35-25)42-20-14-27(32(40)41)37(17-20)31(23)39/h10-11,14,24-29,33,35,37H,5-9,12-13,15-20,22H2,1-4H3,(H,49,54);10-12,20-24,28-29H,5-9,13-16,18H2,1-4H3;9-11,19-23,27-28H,4-8,12-15,17H2,1-3H3,(H,40,41)/t24-,25+,26+,27-,28+,29-,33-,35+,43+;20-,21+,22+,23-,24+,28-,29+;19-,20+,21+,22-,23+,27-,28+/m000/s1. The van der Waals surface area contributed by atoms with Crippen LogP contribution in [0.1, 0.15) is 283 Å². The Bertz CT molecular complexity index is 6380. The van der Waals surface area contributed by atoms with Crippen molar-refractivity contribution in [1.29, 1.82) is 15.8 Å². The van der Waals surface area contributed by atoms with Crippen LogP contribution in [0, 0.1) is 133 Å². The molecule has 3 aromatic carbocycles. The van der Waals surface area contributed by atoms with Gasteiger partial charge < -0.3 is 53.0 Å². The van der Waals surface area contributed by atoms with Crippen LogP contribution in [0.3, 0.4) is 0 Å². The largest absolute Gasteiger partial charge is 0.480 e. The number of nitriles is 3. The van der Waals surface area contributed by atoms with Gasteiger partial charge in [0.25, 0.3) is 0 Å². The zero-order valence-electron chi connectivity index (χ0n) is 85.3. The number of ether oxygens (including phenoxy) is 7. The number of alkyl halides is 2. The summed E-state index contributed by atoms with van der Waals surface area (Å²) in [5.74, 6) is -4.36. The summed E-state index contributed by atoms with van der Waals surface area (Å²) in [5.41, 5.74) is 2.85. The van der Waals surface area contributed by atoms with Crippen molar-refractivity contribution in [2.45, 2.75) is 334 Å². The van der Waals surface area contributed by atoms with Gasteiger partial charge in [0.2, 0.25) is 57.7 Å². The van der Waals surface area contributed by atoms with E-state index in [0.29, 0.717) is 152 Å². The second-order valence-electron chi connectivity index (χ2n) is 47.4. The maximum atomic E-state index is 14.8. The molecule has 8 saturated carbocycles. The topological polar surface area (TPSA) is 460 Å². The number of hydrogen-bond acceptors (Lipinski definition) is 28. The number of nitrogens with zero attached hydrogens (tertiary/aromatic N) is 12. The minimum Gasteiger partial charge on any atom is -0.480 e. The molecule has 6 aliphatic heterocycles. The molecule has 23 atom stereocenters. The highest BCUT2D eigenvalue weighted by Crippen LogP contribution is 2.63. The van der Waals surface area contributed by atoms with Crippen LogP contribution in [0.15, 0.2) is 54.6 Å². The summed E-state index contributed by atoms with van der Waals surface area (Å²) in [7, 11) is -2.89. The number of aliphatic carboxylic acids is 1. The van der Waals surface area contributed by atoms with E-state index in [2.05, 4.69) is 18.2 Å². The molecule has 146 heavy (non-hydrogen) atoms. The Morgan fingerprint density at radius 1 is 0.473 bits per heavy atom. The predicted molar refractivity (Wildman–Crippen MR) is 525 cm³/mol. The van der Waals surface area contributed by atoms with Crippen LogP contribution in [0.2, 0.25) is 0 Å². The van der Waals surface area contributed by atoms with Gasteiger partial charge in [0.15, 0.2) is 5.78 Å². The summed E-state index contributed by atoms with van der Waals surface area (Å²) >= 11 is 0. The van der Waals surface area contributed by atoms with Gasteiger partial charge in [0.05, 0.1) is 148 Å². The molecule has 2 N–H and O–H groups in total. The van der Waals surface area contributed by atoms with Gasteiger partial charge in [-0.05, 0) is 247 Å². The number of benzene rings is 3. The third kappa shape index (κ3) is 22.5. The van der Waals surface area contributed by atoms with Gasteiger partial charge in [-0.1, -0.05) is 101 Å². The normalized spacial score (nSPS) is 32.0. The average molecular weight is 2030 g/mol. The maximum absolute atomic E-state index is 14.8. The summed E-state index contributed by atoms with van der Waals surface area (Å²) < 4.78 is 98.4. The summed E-state index contributed by atoms with van der Waals surface area (Å²) in [4.78, 5) is 170. The van der Waals surface area contributed by atoms with Crippen molar-refractivity contribution in [1.82, 2.24) is 49.3 Å². The van der Waals surface area contributed by atoms with Crippen LogP contribution in [0.4, 0.5) is 8.78 Å². The third-order valence-corrected chi connectivity index (χ3v) is 36.4. The number of Topliss-reactive ketones (excluding diaryl/α,β-unsaturated/α-hetero) is 1. The number of esters is 4. The number of methoxy groups -OCH3 is 1. The molecule has 780 valence electrons. The summed E-state index contributed by atoms with van der Waals surface area (Å²) in [5, 5.41) is 38.5. The lowest BCUT2D eigenvalue weighted by molar-refractivity contribution is -0.160. The van der Waals surface area contributed by atoms with Gasteiger partial charge in [-0.15, -0.1) is 0 Å². The van der Waals surface area contributed by atoms with Gasteiger partial charge >= 0.3 is 29.8 Å². The quantitative estimate of drug-likeness (QED) is 0.100. The molecule has 3 saturated heterocycles. The molecule has 14 aliphatic rings. The lowest BCUT2D eigenvalue weighted by Crippen LogP contribution is -2.49. The number of hydrogen-bond donors (Lipinski definition) is 2. The molecule has 0 spiro atoms. The fraction of sp³-hybridized carbons (Fsp3) is 0.664. The number of rotatable bonds is 9. The lowest BCUT2D eigenvalue weighted by atomic mass is 9.77. The number of amides is 4. The number of aromatic nitrogens is 6. The van der Waals surface area contributed by atoms with Gasteiger partial charge in [0, 0.05) is 31.6 Å². The number of ketones is 1. The van der Waals surface area contributed by atoms with Gasteiger partial charge in [-0.25, -0.2) is 56.7 Å². The van der Waals surface area contributed by atoms with E-state index in [1.807, 2.05) is 67.0 Å². The van der Waals surface area contributed by atoms with E-state index >= 15 is 0 Å². The van der Waals surface area contributed by atoms with E-state index in [1.165, 1.54) is 41.6 Å². The Labute approximate surface area is 850 Å². The molecule has 36 heteroatoms. The highest BCUT2D eigenvalue weighted by atomic mass is 32.2. The number of nitrogens with one attached hydrogen (secondary N) is 1.